The lowest BCUT2D eigenvalue weighted by Crippen LogP contribution is -2.34. The molecule has 3 nitrogen and oxygen atoms in total. The van der Waals surface area contributed by atoms with Gasteiger partial charge in [-0.1, -0.05) is 213 Å². The van der Waals surface area contributed by atoms with Gasteiger partial charge in [0, 0.05) is 88.2 Å². The highest BCUT2D eigenvalue weighted by Crippen LogP contribution is 2.59. The maximum absolute atomic E-state index is 15.2. The third-order valence-electron chi connectivity index (χ3n) is 18.4. The second-order valence-corrected chi connectivity index (χ2v) is 30.5. The lowest BCUT2D eigenvalue weighted by molar-refractivity contribution is 0.0626. The Kier molecular flexibility index (Phi) is 19.5. The van der Waals surface area contributed by atoms with Gasteiger partial charge in [0.1, 0.15) is 4.88 Å². The van der Waals surface area contributed by atoms with E-state index in [0.717, 1.165) is 74.3 Å². The molecule has 0 N–H and O–H groups in total. The second kappa shape index (κ2) is 26.4. The average Bonchev–Trinajstić information content (AvgIpc) is 3.30. The first-order chi connectivity index (χ1) is 39.4. The molecule has 428 valence electrons. The van der Waals surface area contributed by atoms with Crippen LogP contribution in [-0.2, 0) is 23.7 Å². The van der Waals surface area contributed by atoms with E-state index in [1.165, 1.54) is 133 Å². The summed E-state index contributed by atoms with van der Waals surface area (Å²) >= 11 is 11.5. The van der Waals surface area contributed by atoms with Gasteiger partial charge in [-0.25, -0.2) is 0 Å². The van der Waals surface area contributed by atoms with Crippen molar-refractivity contribution in [2.75, 3.05) is 6.54 Å². The number of nitrogens with zero attached hydrogens (tertiary/aromatic N) is 1. The zero-order chi connectivity index (χ0) is 57.0. The van der Waals surface area contributed by atoms with Crippen molar-refractivity contribution in [1.29, 1.82) is 0 Å². The Morgan fingerprint density at radius 2 is 0.963 bits per heavy atom. The van der Waals surface area contributed by atoms with Crippen LogP contribution >= 0.6 is 68.0 Å². The van der Waals surface area contributed by atoms with E-state index in [-0.39, 0.29) is 22.6 Å². The number of fused-ring (bicyclic) bond motifs is 5. The van der Waals surface area contributed by atoms with Gasteiger partial charge in [0.25, 0.3) is 11.8 Å². The summed E-state index contributed by atoms with van der Waals surface area (Å²) in [5.41, 5.74) is 5.48. The molecule has 0 spiro atoms. The largest absolute Gasteiger partial charge is 0.273 e. The number of imide groups is 1. The minimum absolute atomic E-state index is 0.0988. The van der Waals surface area contributed by atoms with E-state index in [4.69, 9.17) is 0 Å². The number of benzene rings is 3. The summed E-state index contributed by atoms with van der Waals surface area (Å²) in [7, 11) is 0. The van der Waals surface area contributed by atoms with Crippen LogP contribution in [0.15, 0.2) is 97.1 Å². The van der Waals surface area contributed by atoms with Crippen LogP contribution in [-0.4, -0.2) is 23.3 Å². The fourth-order valence-electron chi connectivity index (χ4n) is 13.4. The number of carbonyl (C=O) groups excluding carboxylic acids is 2. The number of hydrogen-bond donors (Lipinski definition) is 0. The molecule has 5 atom stereocenters. The molecule has 81 heavy (non-hydrogen) atoms. The molecule has 0 bridgehead atoms. The van der Waals surface area contributed by atoms with Gasteiger partial charge in [-0.15, -0.1) is 68.0 Å². The molecule has 7 heterocycles. The monoisotopic (exact) mass is 1190 g/mol. The molecule has 9 aromatic rings. The lowest BCUT2D eigenvalue weighted by atomic mass is 9.76. The highest BCUT2D eigenvalue weighted by molar-refractivity contribution is 7.32. The smallest absolute Gasteiger partial charge is 0.271 e. The SMILES string of the molecule is CCCCC(CC)Cc1ccc(-c2c3cc(C(C)(CCC)c4ccccc4)sc3c(-c3ccc(CC(CC)CCCC)s3)c3cc(-c4sc(C(C)(CCC)c5ccccc5)c5c6c(sc45)C(=O)N(CC(CC)CCCC)C6=O)sc23)s1. The number of hydrogen-bond acceptors (Lipinski definition) is 8. The molecule has 0 saturated carbocycles. The van der Waals surface area contributed by atoms with E-state index in [1.807, 2.05) is 56.7 Å². The molecular formula is C72H87NO2S6. The minimum Gasteiger partial charge on any atom is -0.273 e. The Morgan fingerprint density at radius 3 is 1.49 bits per heavy atom. The van der Waals surface area contributed by atoms with Gasteiger partial charge in [0.2, 0.25) is 0 Å². The van der Waals surface area contributed by atoms with Crippen molar-refractivity contribution in [3.8, 4) is 30.6 Å². The van der Waals surface area contributed by atoms with Crippen molar-refractivity contribution in [3.05, 3.63) is 138 Å². The molecule has 5 unspecified atom stereocenters. The van der Waals surface area contributed by atoms with Crippen LogP contribution in [0.1, 0.15) is 223 Å². The molecule has 1 aliphatic rings. The maximum atomic E-state index is 15.2. The molecule has 2 amide bonds. The molecule has 0 saturated heterocycles. The molecule has 0 aliphatic carbocycles. The normalized spacial score (nSPS) is 15.6. The van der Waals surface area contributed by atoms with Crippen LogP contribution in [0.4, 0.5) is 0 Å². The Labute approximate surface area is 509 Å². The van der Waals surface area contributed by atoms with E-state index < -0.39 is 0 Å². The summed E-state index contributed by atoms with van der Waals surface area (Å²) in [5.74, 6) is 1.45. The standard InChI is InChI=1S/C72H87NO2S6/c1-11-19-28-46(16-6)41-51-35-37-55(76-51)59-53-43-57(65-66-61(68(81-65)72(10,40-15-5)50-33-26-23-27-34-50)62-67(80-66)70(75)73(69(62)74)45-48(18-8)30-21-13-3)78-63(53)60(56-38-36-52(77-56)42-47(17-7)29-20-12-2)54-44-58(79-64(54)59)71(9,39-14-4)49-31-24-22-25-32-49/h22-27,31-38,43-44,46-48H,11-21,28-30,39-42,45H2,1-10H3. The zero-order valence-electron chi connectivity index (χ0n) is 50.1. The van der Waals surface area contributed by atoms with Crippen molar-refractivity contribution in [3.63, 3.8) is 0 Å². The van der Waals surface area contributed by atoms with Crippen LogP contribution < -0.4 is 0 Å². The second-order valence-electron chi connectivity index (χ2n) is 24.0. The molecular weight excluding hydrogens is 1100 g/mol. The first kappa shape index (κ1) is 59.9. The van der Waals surface area contributed by atoms with Crippen molar-refractivity contribution >= 4 is 110 Å². The topological polar surface area (TPSA) is 37.4 Å². The van der Waals surface area contributed by atoms with Crippen LogP contribution in [0.5, 0.6) is 0 Å². The quantitative estimate of drug-likeness (QED) is 0.0438. The molecule has 0 radical (unpaired) electrons. The Hall–Kier alpha value is -4.22. The number of amides is 2. The Morgan fingerprint density at radius 1 is 0.457 bits per heavy atom. The lowest BCUT2D eigenvalue weighted by Gasteiger charge is -2.30. The van der Waals surface area contributed by atoms with Crippen molar-refractivity contribution in [1.82, 2.24) is 4.90 Å². The van der Waals surface area contributed by atoms with Crippen LogP contribution in [0.25, 0.3) is 60.9 Å². The van der Waals surface area contributed by atoms with E-state index in [2.05, 4.69) is 166 Å². The van der Waals surface area contributed by atoms with Gasteiger partial charge in [0.15, 0.2) is 0 Å². The van der Waals surface area contributed by atoms with Gasteiger partial charge < -0.3 is 0 Å². The third-order valence-corrected chi connectivity index (χ3v) is 26.1. The predicted octanol–water partition coefficient (Wildman–Crippen LogP) is 24.1. The molecule has 0 fully saturated rings. The Balaban J connectivity index is 1.26. The van der Waals surface area contributed by atoms with E-state index >= 15 is 4.79 Å². The Bertz CT molecular complexity index is 3470. The van der Waals surface area contributed by atoms with Gasteiger partial charge >= 0.3 is 0 Å². The van der Waals surface area contributed by atoms with Crippen LogP contribution in [0, 0.1) is 17.8 Å². The van der Waals surface area contributed by atoms with Crippen molar-refractivity contribution < 1.29 is 9.59 Å². The van der Waals surface area contributed by atoms with E-state index in [1.54, 1.807) is 16.2 Å². The first-order valence-corrected chi connectivity index (χ1v) is 36.1. The summed E-state index contributed by atoms with van der Waals surface area (Å²) in [6.45, 7) is 23.8. The van der Waals surface area contributed by atoms with Crippen molar-refractivity contribution in [2.24, 2.45) is 17.8 Å². The van der Waals surface area contributed by atoms with Gasteiger partial charge in [-0.2, -0.15) is 0 Å². The first-order valence-electron chi connectivity index (χ1n) is 31.2. The summed E-state index contributed by atoms with van der Waals surface area (Å²) in [6.07, 6.45) is 20.5. The highest BCUT2D eigenvalue weighted by atomic mass is 32.1. The van der Waals surface area contributed by atoms with Crippen molar-refractivity contribution in [2.45, 2.75) is 196 Å². The van der Waals surface area contributed by atoms with E-state index in [9.17, 15) is 4.79 Å². The maximum Gasteiger partial charge on any atom is 0.271 e. The molecule has 3 aromatic carbocycles. The number of rotatable bonds is 29. The molecule has 6 aromatic heterocycles. The fraction of sp³-hybridized carbons (Fsp3) is 0.472. The summed E-state index contributed by atoms with van der Waals surface area (Å²) in [5, 5.41) is 3.71. The average molecular weight is 1190 g/mol. The number of thiophene rings is 6. The van der Waals surface area contributed by atoms with E-state index in [0.29, 0.717) is 34.7 Å². The summed E-state index contributed by atoms with van der Waals surface area (Å²) in [6, 6.07) is 37.3. The van der Waals surface area contributed by atoms with Crippen LogP contribution in [0.2, 0.25) is 0 Å². The fourth-order valence-corrected chi connectivity index (χ4v) is 21.6. The minimum atomic E-state index is -0.382. The van der Waals surface area contributed by atoms with Gasteiger partial charge in [-0.3, -0.25) is 14.5 Å². The summed E-state index contributed by atoms with van der Waals surface area (Å²) < 4.78 is 3.83. The van der Waals surface area contributed by atoms with Gasteiger partial charge in [0.05, 0.1) is 15.1 Å². The van der Waals surface area contributed by atoms with Crippen LogP contribution in [0.3, 0.4) is 0 Å². The number of unbranched alkanes of at least 4 members (excludes halogenated alkanes) is 3. The predicted molar refractivity (Wildman–Crippen MR) is 361 cm³/mol. The molecule has 10 rings (SSSR count). The summed E-state index contributed by atoms with van der Waals surface area (Å²) in [4.78, 5) is 43.1. The number of carbonyl (C=O) groups is 2. The molecule has 1 aliphatic heterocycles. The third kappa shape index (κ3) is 11.7. The molecule has 9 heteroatoms. The zero-order valence-corrected chi connectivity index (χ0v) is 55.0. The highest BCUT2D eigenvalue weighted by Gasteiger charge is 2.45. The van der Waals surface area contributed by atoms with Gasteiger partial charge in [-0.05, 0) is 97.4 Å².